The molecule has 0 saturated heterocycles. The second-order valence-electron chi connectivity index (χ2n) is 26.6. The SMILES string of the molecule is CCCCCCCCN(CCCCCCCC)C(CCCCCOCCCCCC(N(CCCCCCCC)CCCCCCCC)N(CCCCCCCC)CCCCCCCC)N(CCCCCCCC)CCCCCCCC. The van der Waals surface area contributed by atoms with E-state index in [1.165, 1.54) is 412 Å². The number of unbranched alkanes of at least 4 members (excludes halogenated alkanes) is 44. The first-order valence-corrected chi connectivity index (χ1v) is 38.6. The van der Waals surface area contributed by atoms with Crippen molar-refractivity contribution in [3.05, 3.63) is 0 Å². The van der Waals surface area contributed by atoms with Crippen molar-refractivity contribution < 1.29 is 4.74 Å². The van der Waals surface area contributed by atoms with Gasteiger partial charge in [-0.2, -0.15) is 0 Å². The summed E-state index contributed by atoms with van der Waals surface area (Å²) in [4.78, 5) is 12.2. The van der Waals surface area contributed by atoms with E-state index in [1.807, 2.05) is 0 Å². The predicted octanol–water partition coefficient (Wildman–Crippen LogP) is 24.9. The maximum absolute atomic E-state index is 6.54. The summed E-state index contributed by atoms with van der Waals surface area (Å²) in [5, 5.41) is 0. The summed E-state index contributed by atoms with van der Waals surface area (Å²) in [7, 11) is 0. The zero-order valence-corrected chi connectivity index (χ0v) is 58.0. The van der Waals surface area contributed by atoms with Gasteiger partial charge >= 0.3 is 0 Å². The van der Waals surface area contributed by atoms with E-state index in [0.29, 0.717) is 12.3 Å². The topological polar surface area (TPSA) is 22.2 Å². The minimum atomic E-state index is 0.618. The quantitative estimate of drug-likeness (QED) is 0.0446. The van der Waals surface area contributed by atoms with Crippen LogP contribution in [0, 0.1) is 0 Å². The van der Waals surface area contributed by atoms with Gasteiger partial charge in [-0.25, -0.2) is 0 Å². The van der Waals surface area contributed by atoms with E-state index in [4.69, 9.17) is 4.74 Å². The standard InChI is InChI=1S/C76H158N4O/c1-9-17-25-33-41-53-65-77(66-54-42-34-26-18-10-2)75(78(67-55-43-35-27-19-11-3)68-56-44-36-28-20-12-4)63-51-49-61-73-81-74-62-50-52-64-76(79(69-57-45-37-29-21-13-5)70-58-46-38-30-22-14-6)80(71-59-47-39-31-23-15-7)72-60-48-40-32-24-16-8/h75-76H,9-74H2,1-8H3. The van der Waals surface area contributed by atoms with E-state index in [9.17, 15) is 0 Å². The average molecular weight is 1140 g/mol. The van der Waals surface area contributed by atoms with E-state index < -0.39 is 0 Å². The van der Waals surface area contributed by atoms with Crippen LogP contribution in [-0.4, -0.2) is 97.5 Å². The third-order valence-electron chi connectivity index (χ3n) is 18.6. The molecule has 0 rings (SSSR count). The molecule has 0 bridgehead atoms. The summed E-state index contributed by atoms with van der Waals surface area (Å²) in [5.41, 5.74) is 0. The van der Waals surface area contributed by atoms with E-state index in [0.717, 1.165) is 13.2 Å². The summed E-state index contributed by atoms with van der Waals surface area (Å²) in [6.45, 7) is 31.3. The molecular formula is C76H158N4O. The first-order valence-electron chi connectivity index (χ1n) is 38.6. The van der Waals surface area contributed by atoms with Crippen molar-refractivity contribution in [1.82, 2.24) is 19.6 Å². The Morgan fingerprint density at radius 2 is 0.321 bits per heavy atom. The lowest BCUT2D eigenvalue weighted by molar-refractivity contribution is 0.0269. The van der Waals surface area contributed by atoms with E-state index in [-0.39, 0.29) is 0 Å². The Labute approximate surface area is 514 Å². The van der Waals surface area contributed by atoms with E-state index in [1.54, 1.807) is 0 Å². The van der Waals surface area contributed by atoms with Gasteiger partial charge in [-0.1, -0.05) is 338 Å². The highest BCUT2D eigenvalue weighted by Crippen LogP contribution is 2.24. The molecular weight excluding hydrogens is 985 g/mol. The molecule has 0 aromatic heterocycles. The number of hydrogen-bond acceptors (Lipinski definition) is 5. The molecule has 0 aromatic carbocycles. The molecule has 0 atom stereocenters. The second-order valence-corrected chi connectivity index (χ2v) is 26.6. The Morgan fingerprint density at radius 1 is 0.173 bits per heavy atom. The van der Waals surface area contributed by atoms with Crippen molar-refractivity contribution in [2.75, 3.05) is 65.6 Å². The molecule has 488 valence electrons. The van der Waals surface area contributed by atoms with Gasteiger partial charge in [0.05, 0.1) is 12.3 Å². The van der Waals surface area contributed by atoms with Crippen molar-refractivity contribution in [2.24, 2.45) is 0 Å². The lowest BCUT2D eigenvalue weighted by atomic mass is 10.1. The number of hydrogen-bond donors (Lipinski definition) is 0. The van der Waals surface area contributed by atoms with Crippen LogP contribution in [0.1, 0.15) is 415 Å². The zero-order valence-electron chi connectivity index (χ0n) is 58.0. The first kappa shape index (κ1) is 80.8. The third kappa shape index (κ3) is 54.9. The van der Waals surface area contributed by atoms with Gasteiger partial charge in [-0.3, -0.25) is 19.6 Å². The van der Waals surface area contributed by atoms with Crippen LogP contribution in [0.4, 0.5) is 0 Å². The van der Waals surface area contributed by atoms with E-state index in [2.05, 4.69) is 75.0 Å². The minimum Gasteiger partial charge on any atom is -0.381 e. The maximum atomic E-state index is 6.54. The summed E-state index contributed by atoms with van der Waals surface area (Å²) in [5.74, 6) is 0. The van der Waals surface area contributed by atoms with Crippen molar-refractivity contribution >= 4 is 0 Å². The first-order chi connectivity index (χ1) is 40.1. The fraction of sp³-hybridized carbons (Fsp3) is 1.00. The van der Waals surface area contributed by atoms with Crippen LogP contribution in [0.2, 0.25) is 0 Å². The average Bonchev–Trinajstić information content (AvgIpc) is 3.48. The maximum Gasteiger partial charge on any atom is 0.0622 e. The van der Waals surface area contributed by atoms with Gasteiger partial charge < -0.3 is 4.74 Å². The predicted molar refractivity (Wildman–Crippen MR) is 369 cm³/mol. The molecule has 0 saturated carbocycles. The monoisotopic (exact) mass is 1140 g/mol. The van der Waals surface area contributed by atoms with Crippen LogP contribution in [-0.2, 0) is 4.74 Å². The molecule has 0 aromatic rings. The number of rotatable bonds is 72. The molecule has 0 amide bonds. The Kier molecular flexibility index (Phi) is 68.7. The molecule has 0 unspecified atom stereocenters. The molecule has 0 aliphatic rings. The van der Waals surface area contributed by atoms with Gasteiger partial charge in [0.15, 0.2) is 0 Å². The fourth-order valence-corrected chi connectivity index (χ4v) is 13.1. The highest BCUT2D eigenvalue weighted by atomic mass is 16.5. The molecule has 0 fully saturated rings. The molecule has 5 nitrogen and oxygen atoms in total. The Balaban J connectivity index is 6.02. The van der Waals surface area contributed by atoms with Gasteiger partial charge in [-0.05, 0) is 129 Å². The van der Waals surface area contributed by atoms with Gasteiger partial charge in [0.25, 0.3) is 0 Å². The Bertz CT molecular complexity index is 900. The molecule has 0 spiro atoms. The molecule has 5 heteroatoms. The van der Waals surface area contributed by atoms with Crippen LogP contribution in [0.3, 0.4) is 0 Å². The van der Waals surface area contributed by atoms with Crippen molar-refractivity contribution in [2.45, 2.75) is 427 Å². The second kappa shape index (κ2) is 68.9. The molecule has 81 heavy (non-hydrogen) atoms. The lowest BCUT2D eigenvalue weighted by Gasteiger charge is -2.41. The van der Waals surface area contributed by atoms with Crippen LogP contribution in [0.15, 0.2) is 0 Å². The fourth-order valence-electron chi connectivity index (χ4n) is 13.1. The molecule has 0 aliphatic carbocycles. The Hall–Kier alpha value is -0.200. The smallest absolute Gasteiger partial charge is 0.0622 e. The summed E-state index contributed by atoms with van der Waals surface area (Å²) >= 11 is 0. The highest BCUT2D eigenvalue weighted by Gasteiger charge is 2.26. The van der Waals surface area contributed by atoms with E-state index >= 15 is 0 Å². The Morgan fingerprint density at radius 3 is 0.494 bits per heavy atom. The van der Waals surface area contributed by atoms with Crippen LogP contribution >= 0.6 is 0 Å². The van der Waals surface area contributed by atoms with Gasteiger partial charge in [0.2, 0.25) is 0 Å². The summed E-state index contributed by atoms with van der Waals surface area (Å²) < 4.78 is 6.54. The van der Waals surface area contributed by atoms with Gasteiger partial charge in [-0.15, -0.1) is 0 Å². The van der Waals surface area contributed by atoms with Crippen LogP contribution in [0.5, 0.6) is 0 Å². The highest BCUT2D eigenvalue weighted by molar-refractivity contribution is 4.78. The van der Waals surface area contributed by atoms with Crippen LogP contribution < -0.4 is 0 Å². The zero-order chi connectivity index (χ0) is 58.8. The molecule has 0 N–H and O–H groups in total. The largest absolute Gasteiger partial charge is 0.381 e. The molecule has 0 heterocycles. The van der Waals surface area contributed by atoms with Crippen molar-refractivity contribution in [3.8, 4) is 0 Å². The van der Waals surface area contributed by atoms with Gasteiger partial charge in [0.1, 0.15) is 0 Å². The minimum absolute atomic E-state index is 0.618. The number of ether oxygens (including phenoxy) is 1. The molecule has 0 aliphatic heterocycles. The summed E-state index contributed by atoms with van der Waals surface area (Å²) in [6.07, 6.45) is 79.1. The third-order valence-corrected chi connectivity index (χ3v) is 18.6. The molecule has 0 radical (unpaired) electrons. The summed E-state index contributed by atoms with van der Waals surface area (Å²) in [6, 6.07) is 0. The van der Waals surface area contributed by atoms with Gasteiger partial charge in [0, 0.05) is 13.2 Å². The van der Waals surface area contributed by atoms with Crippen LogP contribution in [0.25, 0.3) is 0 Å². The van der Waals surface area contributed by atoms with Crippen molar-refractivity contribution in [3.63, 3.8) is 0 Å². The van der Waals surface area contributed by atoms with Crippen molar-refractivity contribution in [1.29, 1.82) is 0 Å². The normalized spacial score (nSPS) is 12.2. The number of nitrogens with zero attached hydrogens (tertiary/aromatic N) is 4. The lowest BCUT2D eigenvalue weighted by Crippen LogP contribution is -2.50.